The number of halogens is 1. The van der Waals surface area contributed by atoms with Gasteiger partial charge in [0, 0.05) is 19.6 Å². The highest BCUT2D eigenvalue weighted by molar-refractivity contribution is 5.92. The normalized spacial score (nSPS) is 14.8. The number of carbonyl (C=O) groups excluding carboxylic acids is 1. The standard InChI is InChI=1S/C20H24FN3O/c21-18-8-4-3-7-16(18)11-12-22-17-9-10-19(23-15-17)20(25)24-13-5-1-2-6-14-24/h3-4,7-10,15,22H,1-2,5-6,11-14H2. The number of anilines is 1. The van der Waals surface area contributed by atoms with Crippen molar-refractivity contribution in [3.63, 3.8) is 0 Å². The summed E-state index contributed by atoms with van der Waals surface area (Å²) in [7, 11) is 0. The molecule has 0 saturated carbocycles. The minimum atomic E-state index is -0.180. The Labute approximate surface area is 148 Å². The maximum Gasteiger partial charge on any atom is 0.272 e. The molecule has 0 aliphatic carbocycles. The Morgan fingerprint density at radius 2 is 1.84 bits per heavy atom. The molecule has 1 aromatic carbocycles. The van der Waals surface area contributed by atoms with Crippen molar-refractivity contribution in [1.29, 1.82) is 0 Å². The van der Waals surface area contributed by atoms with Crippen LogP contribution in [0.15, 0.2) is 42.6 Å². The van der Waals surface area contributed by atoms with Gasteiger partial charge < -0.3 is 10.2 Å². The molecule has 25 heavy (non-hydrogen) atoms. The second-order valence-corrected chi connectivity index (χ2v) is 6.41. The van der Waals surface area contributed by atoms with Crippen molar-refractivity contribution in [2.75, 3.05) is 25.0 Å². The van der Waals surface area contributed by atoms with E-state index in [1.54, 1.807) is 24.4 Å². The first-order valence-electron chi connectivity index (χ1n) is 8.96. The van der Waals surface area contributed by atoms with Crippen LogP contribution in [-0.4, -0.2) is 35.4 Å². The fourth-order valence-electron chi connectivity index (χ4n) is 3.10. The van der Waals surface area contributed by atoms with Crippen molar-refractivity contribution in [2.45, 2.75) is 32.1 Å². The molecule has 1 saturated heterocycles. The van der Waals surface area contributed by atoms with E-state index in [1.165, 1.54) is 18.9 Å². The van der Waals surface area contributed by atoms with E-state index in [0.717, 1.165) is 31.6 Å². The van der Waals surface area contributed by atoms with Crippen molar-refractivity contribution in [3.05, 3.63) is 59.7 Å². The molecule has 0 bridgehead atoms. The second kappa shape index (κ2) is 8.60. The van der Waals surface area contributed by atoms with Crippen LogP contribution in [0.4, 0.5) is 10.1 Å². The van der Waals surface area contributed by atoms with E-state index in [-0.39, 0.29) is 11.7 Å². The molecule has 1 fully saturated rings. The Bertz CT molecular complexity index is 694. The average molecular weight is 341 g/mol. The fourth-order valence-corrected chi connectivity index (χ4v) is 3.10. The number of rotatable bonds is 5. The van der Waals surface area contributed by atoms with Crippen LogP contribution in [0.3, 0.4) is 0 Å². The number of benzene rings is 1. The Balaban J connectivity index is 1.53. The summed E-state index contributed by atoms with van der Waals surface area (Å²) < 4.78 is 13.6. The van der Waals surface area contributed by atoms with Gasteiger partial charge in [0.25, 0.3) is 5.91 Å². The van der Waals surface area contributed by atoms with Crippen molar-refractivity contribution in [3.8, 4) is 0 Å². The van der Waals surface area contributed by atoms with Gasteiger partial charge in [0.05, 0.1) is 11.9 Å². The van der Waals surface area contributed by atoms with Crippen molar-refractivity contribution in [1.82, 2.24) is 9.88 Å². The van der Waals surface area contributed by atoms with E-state index >= 15 is 0 Å². The molecule has 0 unspecified atom stereocenters. The molecule has 2 aromatic rings. The molecule has 132 valence electrons. The summed E-state index contributed by atoms with van der Waals surface area (Å²) in [6, 6.07) is 10.4. The molecule has 5 heteroatoms. The molecular formula is C20H24FN3O. The first-order valence-corrected chi connectivity index (χ1v) is 8.96. The Morgan fingerprint density at radius 1 is 1.08 bits per heavy atom. The van der Waals surface area contributed by atoms with Gasteiger partial charge >= 0.3 is 0 Å². The molecule has 1 aliphatic rings. The highest BCUT2D eigenvalue weighted by Gasteiger charge is 2.18. The molecule has 1 amide bonds. The van der Waals surface area contributed by atoms with Gasteiger partial charge in [0.1, 0.15) is 11.5 Å². The van der Waals surface area contributed by atoms with Gasteiger partial charge in [-0.05, 0) is 43.0 Å². The van der Waals surface area contributed by atoms with Crippen LogP contribution in [-0.2, 0) is 6.42 Å². The summed E-state index contributed by atoms with van der Waals surface area (Å²) in [5, 5.41) is 3.22. The van der Waals surface area contributed by atoms with Crippen LogP contribution >= 0.6 is 0 Å². The largest absolute Gasteiger partial charge is 0.383 e. The summed E-state index contributed by atoms with van der Waals surface area (Å²) in [4.78, 5) is 18.7. The van der Waals surface area contributed by atoms with Gasteiger partial charge in [-0.25, -0.2) is 9.37 Å². The maximum atomic E-state index is 13.6. The molecule has 0 atom stereocenters. The lowest BCUT2D eigenvalue weighted by molar-refractivity contribution is 0.0756. The zero-order chi connectivity index (χ0) is 17.5. The van der Waals surface area contributed by atoms with Crippen LogP contribution in [0.25, 0.3) is 0 Å². The molecule has 1 aromatic heterocycles. The molecule has 0 spiro atoms. The van der Waals surface area contributed by atoms with Gasteiger partial charge in [-0.3, -0.25) is 4.79 Å². The molecule has 0 radical (unpaired) electrons. The van der Waals surface area contributed by atoms with Gasteiger partial charge in [-0.1, -0.05) is 31.0 Å². The van der Waals surface area contributed by atoms with E-state index in [4.69, 9.17) is 0 Å². The van der Waals surface area contributed by atoms with Crippen molar-refractivity contribution in [2.24, 2.45) is 0 Å². The smallest absolute Gasteiger partial charge is 0.272 e. The van der Waals surface area contributed by atoms with E-state index in [1.807, 2.05) is 17.0 Å². The summed E-state index contributed by atoms with van der Waals surface area (Å²) in [6.45, 7) is 2.26. The SMILES string of the molecule is O=C(c1ccc(NCCc2ccccc2F)cn1)N1CCCCCC1. The molecule has 2 heterocycles. The number of aromatic nitrogens is 1. The molecule has 1 aliphatic heterocycles. The quantitative estimate of drug-likeness (QED) is 0.897. The third-order valence-corrected chi connectivity index (χ3v) is 4.56. The summed E-state index contributed by atoms with van der Waals surface area (Å²) >= 11 is 0. The lowest BCUT2D eigenvalue weighted by Crippen LogP contribution is -2.32. The number of pyridine rings is 1. The van der Waals surface area contributed by atoms with Gasteiger partial charge in [0.2, 0.25) is 0 Å². The third-order valence-electron chi connectivity index (χ3n) is 4.56. The van der Waals surface area contributed by atoms with Crippen LogP contribution in [0.5, 0.6) is 0 Å². The fraction of sp³-hybridized carbons (Fsp3) is 0.400. The predicted molar refractivity (Wildman–Crippen MR) is 97.2 cm³/mol. The van der Waals surface area contributed by atoms with E-state index in [2.05, 4.69) is 10.3 Å². The number of carbonyl (C=O) groups is 1. The van der Waals surface area contributed by atoms with E-state index < -0.39 is 0 Å². The number of amides is 1. The van der Waals surface area contributed by atoms with Gasteiger partial charge in [-0.2, -0.15) is 0 Å². The highest BCUT2D eigenvalue weighted by Crippen LogP contribution is 2.14. The summed E-state index contributed by atoms with van der Waals surface area (Å²) in [5.74, 6) is -0.166. The zero-order valence-corrected chi connectivity index (χ0v) is 14.4. The average Bonchev–Trinajstić information content (AvgIpc) is 2.93. The Hall–Kier alpha value is -2.43. The number of likely N-dealkylation sites (tertiary alicyclic amines) is 1. The van der Waals surface area contributed by atoms with Crippen LogP contribution < -0.4 is 5.32 Å². The van der Waals surface area contributed by atoms with E-state index in [9.17, 15) is 9.18 Å². The molecule has 3 rings (SSSR count). The number of nitrogens with zero attached hydrogens (tertiary/aromatic N) is 2. The van der Waals surface area contributed by atoms with Crippen molar-refractivity contribution < 1.29 is 9.18 Å². The number of nitrogens with one attached hydrogen (secondary N) is 1. The van der Waals surface area contributed by atoms with E-state index in [0.29, 0.717) is 24.2 Å². The zero-order valence-electron chi connectivity index (χ0n) is 14.4. The first-order chi connectivity index (χ1) is 12.2. The monoisotopic (exact) mass is 341 g/mol. The highest BCUT2D eigenvalue weighted by atomic mass is 19.1. The lowest BCUT2D eigenvalue weighted by atomic mass is 10.1. The third kappa shape index (κ3) is 4.78. The summed E-state index contributed by atoms with van der Waals surface area (Å²) in [6.07, 6.45) is 6.81. The molecule has 1 N–H and O–H groups in total. The Kier molecular flexibility index (Phi) is 5.99. The number of hydrogen-bond donors (Lipinski definition) is 1. The number of hydrogen-bond acceptors (Lipinski definition) is 3. The minimum absolute atomic E-state index is 0.0137. The topological polar surface area (TPSA) is 45.2 Å². The lowest BCUT2D eigenvalue weighted by Gasteiger charge is -2.19. The van der Waals surface area contributed by atoms with Crippen LogP contribution in [0.1, 0.15) is 41.7 Å². The van der Waals surface area contributed by atoms with Crippen LogP contribution in [0, 0.1) is 5.82 Å². The van der Waals surface area contributed by atoms with Crippen LogP contribution in [0.2, 0.25) is 0 Å². The predicted octanol–water partition coefficient (Wildman–Crippen LogP) is 3.89. The molecule has 4 nitrogen and oxygen atoms in total. The minimum Gasteiger partial charge on any atom is -0.383 e. The summed E-state index contributed by atoms with van der Waals surface area (Å²) in [5.41, 5.74) is 2.02. The maximum absolute atomic E-state index is 13.6. The van der Waals surface area contributed by atoms with Gasteiger partial charge in [0.15, 0.2) is 0 Å². The van der Waals surface area contributed by atoms with Crippen molar-refractivity contribution >= 4 is 11.6 Å². The second-order valence-electron chi connectivity index (χ2n) is 6.41. The molecular weight excluding hydrogens is 317 g/mol. The first kappa shape index (κ1) is 17.4. The van der Waals surface area contributed by atoms with Gasteiger partial charge in [-0.15, -0.1) is 0 Å². The Morgan fingerprint density at radius 3 is 2.52 bits per heavy atom.